The van der Waals surface area contributed by atoms with Crippen molar-refractivity contribution in [2.75, 3.05) is 33.3 Å². The number of aliphatic hydroxyl groups is 1. The molecule has 0 aliphatic carbocycles. The number of ether oxygens (including phenoxy) is 1. The van der Waals surface area contributed by atoms with E-state index >= 15 is 0 Å². The topological polar surface area (TPSA) is 84.2 Å². The fourth-order valence-electron chi connectivity index (χ4n) is 4.06. The van der Waals surface area contributed by atoms with Crippen LogP contribution in [0.2, 0.25) is 0 Å². The van der Waals surface area contributed by atoms with Crippen molar-refractivity contribution in [1.82, 2.24) is 9.88 Å². The molecule has 1 fully saturated rings. The Morgan fingerprint density at radius 1 is 1.16 bits per heavy atom. The predicted octanol–water partition coefficient (Wildman–Crippen LogP) is 1.75. The van der Waals surface area contributed by atoms with Gasteiger partial charge in [-0.15, -0.1) is 0 Å². The van der Waals surface area contributed by atoms with Crippen molar-refractivity contribution in [2.45, 2.75) is 26.8 Å². The highest BCUT2D eigenvalue weighted by molar-refractivity contribution is 6.46. The van der Waals surface area contributed by atoms with E-state index in [4.69, 9.17) is 4.74 Å². The van der Waals surface area contributed by atoms with Gasteiger partial charge >= 0.3 is 0 Å². The van der Waals surface area contributed by atoms with Gasteiger partial charge in [0.1, 0.15) is 11.5 Å². The van der Waals surface area contributed by atoms with E-state index in [-0.39, 0.29) is 11.3 Å². The summed E-state index contributed by atoms with van der Waals surface area (Å²) in [7, 11) is 1.57. The first-order valence-corrected chi connectivity index (χ1v) is 10.6. The summed E-state index contributed by atoms with van der Waals surface area (Å²) in [4.78, 5) is 33.0. The summed E-state index contributed by atoms with van der Waals surface area (Å²) >= 11 is 0. The number of benzene rings is 1. The summed E-state index contributed by atoms with van der Waals surface area (Å²) in [5, 5.41) is 11.2. The third-order valence-corrected chi connectivity index (χ3v) is 5.96. The number of aliphatic hydroxyl groups excluding tert-OH is 1. The normalized spacial score (nSPS) is 18.1. The number of likely N-dealkylation sites (N-methyl/N-ethyl adjacent to an activating group) is 1. The predicted molar refractivity (Wildman–Crippen MR) is 118 cm³/mol. The molecule has 7 nitrogen and oxygen atoms in total. The highest BCUT2D eigenvalue weighted by Crippen LogP contribution is 2.39. The highest BCUT2D eigenvalue weighted by Gasteiger charge is 2.46. The molecule has 2 aromatic rings. The highest BCUT2D eigenvalue weighted by atomic mass is 16.5. The Balaban J connectivity index is 2.10. The number of ketones is 1. The lowest BCUT2D eigenvalue weighted by atomic mass is 9.94. The minimum atomic E-state index is -0.663. The summed E-state index contributed by atoms with van der Waals surface area (Å²) in [5.74, 6) is -0.759. The minimum absolute atomic E-state index is 0.110. The van der Waals surface area contributed by atoms with Crippen LogP contribution < -0.4 is 9.64 Å². The van der Waals surface area contributed by atoms with Gasteiger partial charge in [-0.05, 0) is 62.2 Å². The van der Waals surface area contributed by atoms with Gasteiger partial charge in [0.25, 0.3) is 11.7 Å². The number of nitrogens with zero attached hydrogens (tertiary/aromatic N) is 2. The largest absolute Gasteiger partial charge is 0.507 e. The molecule has 1 aliphatic heterocycles. The molecule has 0 saturated carbocycles. The number of amides is 1. The van der Waals surface area contributed by atoms with Crippen LogP contribution in [0.15, 0.2) is 48.3 Å². The van der Waals surface area contributed by atoms with E-state index in [0.717, 1.165) is 30.8 Å². The van der Waals surface area contributed by atoms with E-state index in [1.165, 1.54) is 4.90 Å². The van der Waals surface area contributed by atoms with E-state index in [1.54, 1.807) is 54.7 Å². The first kappa shape index (κ1) is 22.5. The first-order chi connectivity index (χ1) is 14.9. The van der Waals surface area contributed by atoms with Crippen LogP contribution in [0.4, 0.5) is 0 Å². The second-order valence-corrected chi connectivity index (χ2v) is 7.66. The lowest BCUT2D eigenvalue weighted by Crippen LogP contribution is -3.12. The second-order valence-electron chi connectivity index (χ2n) is 7.66. The average molecular weight is 425 g/mol. The van der Waals surface area contributed by atoms with Crippen molar-refractivity contribution < 1.29 is 24.3 Å². The van der Waals surface area contributed by atoms with E-state index in [2.05, 4.69) is 18.8 Å². The molecule has 31 heavy (non-hydrogen) atoms. The van der Waals surface area contributed by atoms with Gasteiger partial charge in [-0.25, -0.2) is 0 Å². The standard InChI is InChI=1S/C24H29N3O4/c1-5-26(6-2)13-14-27-21(17-9-11-25-12-10-17)20(23(29)24(27)30)22(28)19-8-7-18(31-4)15-16(19)3/h7-12,15,21,28H,5-6,13-14H2,1-4H3/p+1/t21-/m1/s1. The zero-order chi connectivity index (χ0) is 22.5. The number of quaternary nitrogens is 1. The molecule has 7 heteroatoms. The van der Waals surface area contributed by atoms with E-state index < -0.39 is 17.7 Å². The van der Waals surface area contributed by atoms with Crippen LogP contribution in [-0.2, 0) is 9.59 Å². The van der Waals surface area contributed by atoms with Crippen molar-refractivity contribution in [3.05, 3.63) is 65.0 Å². The third-order valence-electron chi connectivity index (χ3n) is 5.96. The molecule has 3 rings (SSSR count). The molecule has 0 bridgehead atoms. The summed E-state index contributed by atoms with van der Waals surface area (Å²) < 4.78 is 5.24. The zero-order valence-corrected chi connectivity index (χ0v) is 18.5. The molecule has 1 amide bonds. The number of aryl methyl sites for hydroxylation is 1. The number of aromatic nitrogens is 1. The SMILES string of the molecule is CC[NH+](CC)CCN1C(=O)C(=O)C(=C(O)c2ccc(OC)cc2C)[C@H]1c1ccncc1. The fraction of sp³-hybridized carbons (Fsp3) is 0.375. The number of hydrogen-bond acceptors (Lipinski definition) is 5. The lowest BCUT2D eigenvalue weighted by molar-refractivity contribution is -0.895. The van der Waals surface area contributed by atoms with Gasteiger partial charge in [0.15, 0.2) is 0 Å². The van der Waals surface area contributed by atoms with Gasteiger partial charge < -0.3 is 19.6 Å². The Kier molecular flexibility index (Phi) is 7.07. The van der Waals surface area contributed by atoms with Gasteiger partial charge in [-0.3, -0.25) is 14.6 Å². The quantitative estimate of drug-likeness (QED) is 0.383. The Labute approximate surface area is 183 Å². The number of hydrogen-bond donors (Lipinski definition) is 2. The maximum atomic E-state index is 13.1. The smallest absolute Gasteiger partial charge is 0.295 e. The molecule has 2 N–H and O–H groups in total. The van der Waals surface area contributed by atoms with Crippen LogP contribution in [-0.4, -0.2) is 60.0 Å². The van der Waals surface area contributed by atoms with Gasteiger partial charge in [0, 0.05) is 18.0 Å². The number of rotatable bonds is 8. The summed E-state index contributed by atoms with van der Waals surface area (Å²) in [6, 6.07) is 8.13. The maximum absolute atomic E-state index is 13.1. The molecule has 0 spiro atoms. The van der Waals surface area contributed by atoms with Gasteiger partial charge in [0.2, 0.25) is 0 Å². The number of pyridine rings is 1. The van der Waals surface area contributed by atoms with E-state index in [1.807, 2.05) is 6.92 Å². The van der Waals surface area contributed by atoms with Gasteiger partial charge in [-0.2, -0.15) is 0 Å². The number of carbonyl (C=O) groups is 2. The van der Waals surface area contributed by atoms with Crippen LogP contribution >= 0.6 is 0 Å². The van der Waals surface area contributed by atoms with Crippen LogP contribution in [0.3, 0.4) is 0 Å². The molecule has 0 radical (unpaired) electrons. The van der Waals surface area contributed by atoms with E-state index in [0.29, 0.717) is 17.9 Å². The summed E-state index contributed by atoms with van der Waals surface area (Å²) in [6.45, 7) is 9.05. The Bertz CT molecular complexity index is 984. The van der Waals surface area contributed by atoms with Crippen LogP contribution in [0.5, 0.6) is 5.75 Å². The minimum Gasteiger partial charge on any atom is -0.507 e. The van der Waals surface area contributed by atoms with Gasteiger partial charge in [0.05, 0.1) is 44.9 Å². The molecule has 0 unspecified atom stereocenters. The Morgan fingerprint density at radius 2 is 1.84 bits per heavy atom. The zero-order valence-electron chi connectivity index (χ0n) is 18.5. The molecule has 2 heterocycles. The van der Waals surface area contributed by atoms with Gasteiger partial charge in [-0.1, -0.05) is 0 Å². The maximum Gasteiger partial charge on any atom is 0.295 e. The molecular weight excluding hydrogens is 394 g/mol. The lowest BCUT2D eigenvalue weighted by Gasteiger charge is -2.26. The number of methoxy groups -OCH3 is 1. The summed E-state index contributed by atoms with van der Waals surface area (Å²) in [6.07, 6.45) is 3.26. The van der Waals surface area contributed by atoms with Crippen molar-refractivity contribution in [1.29, 1.82) is 0 Å². The molecule has 1 saturated heterocycles. The first-order valence-electron chi connectivity index (χ1n) is 10.6. The van der Waals surface area contributed by atoms with Crippen molar-refractivity contribution in [3.63, 3.8) is 0 Å². The number of nitrogens with one attached hydrogen (secondary N) is 1. The second kappa shape index (κ2) is 9.75. The number of carbonyl (C=O) groups excluding carboxylic acids is 2. The van der Waals surface area contributed by atoms with Crippen molar-refractivity contribution in [2.24, 2.45) is 0 Å². The number of likely N-dealkylation sites (tertiary alicyclic amines) is 1. The van der Waals surface area contributed by atoms with E-state index in [9.17, 15) is 14.7 Å². The summed E-state index contributed by atoms with van der Waals surface area (Å²) in [5.41, 5.74) is 2.12. The molecule has 1 aliphatic rings. The van der Waals surface area contributed by atoms with Crippen molar-refractivity contribution in [3.8, 4) is 5.75 Å². The van der Waals surface area contributed by atoms with Crippen LogP contribution in [0, 0.1) is 6.92 Å². The molecule has 164 valence electrons. The number of Topliss-reactive ketones (excluding diaryl/α,β-unsaturated/α-hetero) is 1. The van der Waals surface area contributed by atoms with Crippen molar-refractivity contribution >= 4 is 17.4 Å². The molecule has 1 aromatic heterocycles. The molecular formula is C24H30N3O4+. The third kappa shape index (κ3) is 4.46. The van der Waals surface area contributed by atoms with Crippen LogP contribution in [0.25, 0.3) is 5.76 Å². The molecule has 1 atom stereocenters. The molecule has 1 aromatic carbocycles. The fourth-order valence-corrected chi connectivity index (χ4v) is 4.06. The monoisotopic (exact) mass is 424 g/mol. The Hall–Kier alpha value is -3.19. The Morgan fingerprint density at radius 3 is 2.42 bits per heavy atom. The van der Waals surface area contributed by atoms with Crippen LogP contribution in [0.1, 0.15) is 36.6 Å². The average Bonchev–Trinajstić information content (AvgIpc) is 3.04.